The van der Waals surface area contributed by atoms with E-state index >= 15 is 0 Å². The van der Waals surface area contributed by atoms with Gasteiger partial charge < -0.3 is 24.8 Å². The number of sulfonamides is 1. The SMILES string of the molecule is O=C(N[C@H]1CCCCC/C=C\[C@@H]2C[C@@]2(C(=O)NS(=O)(=O)C2CC2)NC(=O)[C@@H]2C[C@@H](Oc3nc4cc(F)ccc4nc3C(F)(F)F)CN2C1=O)c1ccon1. The zero-order valence-corrected chi connectivity index (χ0v) is 29.3. The third kappa shape index (κ3) is 7.74. The number of aromatic nitrogens is 3. The maximum atomic E-state index is 14.3. The van der Waals surface area contributed by atoms with Crippen molar-refractivity contribution in [3.63, 3.8) is 0 Å². The number of nitrogens with zero attached hydrogens (tertiary/aromatic N) is 4. The minimum atomic E-state index is -5.06. The maximum Gasteiger partial charge on any atom is 0.438 e. The Bertz CT molecular complexity index is 2110. The Balaban J connectivity index is 1.22. The number of rotatable bonds is 7. The lowest BCUT2D eigenvalue weighted by molar-refractivity contribution is -0.143. The molecule has 5 atom stereocenters. The minimum Gasteiger partial charge on any atom is -0.471 e. The number of hydrogen-bond acceptors (Lipinski definition) is 11. The predicted molar refractivity (Wildman–Crippen MR) is 178 cm³/mol. The highest BCUT2D eigenvalue weighted by atomic mass is 32.2. The second kappa shape index (κ2) is 14.3. The van der Waals surface area contributed by atoms with Gasteiger partial charge >= 0.3 is 6.18 Å². The fourth-order valence-corrected chi connectivity index (χ4v) is 8.21. The minimum absolute atomic E-state index is 0.0520. The molecule has 54 heavy (non-hydrogen) atoms. The molecule has 288 valence electrons. The topological polar surface area (TPSA) is 203 Å². The van der Waals surface area contributed by atoms with Crippen LogP contribution < -0.4 is 20.1 Å². The van der Waals surface area contributed by atoms with E-state index in [2.05, 4.69) is 30.5 Å². The Morgan fingerprint density at radius 3 is 2.57 bits per heavy atom. The molecule has 15 nitrogen and oxygen atoms in total. The van der Waals surface area contributed by atoms with Crippen LogP contribution in [0.25, 0.3) is 11.0 Å². The summed E-state index contributed by atoms with van der Waals surface area (Å²) in [4.78, 5) is 63.8. The van der Waals surface area contributed by atoms with Crippen molar-refractivity contribution >= 4 is 44.7 Å². The highest BCUT2D eigenvalue weighted by Gasteiger charge is 2.62. The predicted octanol–water partition coefficient (Wildman–Crippen LogP) is 2.93. The largest absolute Gasteiger partial charge is 0.471 e. The molecule has 4 heterocycles. The summed E-state index contributed by atoms with van der Waals surface area (Å²) < 4.78 is 94.8. The van der Waals surface area contributed by atoms with E-state index in [-0.39, 0.29) is 29.6 Å². The molecule has 2 aromatic heterocycles. The molecule has 1 aromatic carbocycles. The number of hydrogen-bond donors (Lipinski definition) is 3. The van der Waals surface area contributed by atoms with Crippen LogP contribution in [-0.4, -0.2) is 87.6 Å². The lowest BCUT2D eigenvalue weighted by atomic mass is 10.0. The molecule has 7 rings (SSSR count). The molecular formula is C34H35F4N7O8S. The summed E-state index contributed by atoms with van der Waals surface area (Å²) in [7, 11) is -4.01. The summed E-state index contributed by atoms with van der Waals surface area (Å²) in [5, 5.41) is 8.15. The fourth-order valence-electron chi connectivity index (χ4n) is 6.85. The first-order chi connectivity index (χ1) is 25.6. The van der Waals surface area contributed by atoms with Gasteiger partial charge in [-0.15, -0.1) is 0 Å². The molecule has 0 bridgehead atoms. The van der Waals surface area contributed by atoms with Gasteiger partial charge in [0.1, 0.15) is 35.8 Å². The van der Waals surface area contributed by atoms with E-state index in [9.17, 15) is 45.2 Å². The van der Waals surface area contributed by atoms with Gasteiger partial charge in [-0.2, -0.15) is 13.2 Å². The normalized spacial score (nSPS) is 27.1. The van der Waals surface area contributed by atoms with Gasteiger partial charge in [0.2, 0.25) is 33.4 Å². The summed E-state index contributed by atoms with van der Waals surface area (Å²) in [6.07, 6.45) is 1.22. The van der Waals surface area contributed by atoms with Gasteiger partial charge in [0, 0.05) is 24.5 Å². The van der Waals surface area contributed by atoms with Crippen molar-refractivity contribution < 1.29 is 54.4 Å². The monoisotopic (exact) mass is 777 g/mol. The number of nitrogens with one attached hydrogen (secondary N) is 3. The summed E-state index contributed by atoms with van der Waals surface area (Å²) in [6.45, 7) is -0.466. The van der Waals surface area contributed by atoms with Crippen molar-refractivity contribution in [2.75, 3.05) is 6.54 Å². The molecule has 3 aromatic rings. The van der Waals surface area contributed by atoms with Gasteiger partial charge in [0.15, 0.2) is 5.69 Å². The zero-order chi connectivity index (χ0) is 38.4. The van der Waals surface area contributed by atoms with Crippen molar-refractivity contribution in [1.82, 2.24) is 35.4 Å². The lowest BCUT2D eigenvalue weighted by Crippen LogP contribution is -2.58. The van der Waals surface area contributed by atoms with E-state index in [1.54, 1.807) is 6.08 Å². The van der Waals surface area contributed by atoms with Crippen LogP contribution in [0.15, 0.2) is 47.2 Å². The van der Waals surface area contributed by atoms with Crippen molar-refractivity contribution in [2.24, 2.45) is 5.92 Å². The number of halogens is 4. The van der Waals surface area contributed by atoms with Gasteiger partial charge in [0.25, 0.3) is 11.8 Å². The molecule has 0 spiro atoms. The number of amides is 4. The van der Waals surface area contributed by atoms with Crippen LogP contribution in [-0.2, 0) is 30.6 Å². The number of allylic oxidation sites excluding steroid dienone is 1. The third-order valence-electron chi connectivity index (χ3n) is 9.96. The molecular weight excluding hydrogens is 742 g/mol. The van der Waals surface area contributed by atoms with Gasteiger partial charge in [-0.25, -0.2) is 22.8 Å². The van der Waals surface area contributed by atoms with Crippen molar-refractivity contribution in [3.05, 3.63) is 59.9 Å². The van der Waals surface area contributed by atoms with Crippen molar-refractivity contribution in [1.29, 1.82) is 0 Å². The Labute approximate surface area is 305 Å². The molecule has 4 aliphatic rings. The van der Waals surface area contributed by atoms with Crippen LogP contribution in [0.5, 0.6) is 5.88 Å². The van der Waals surface area contributed by atoms with Crippen LogP contribution >= 0.6 is 0 Å². The van der Waals surface area contributed by atoms with Gasteiger partial charge in [-0.05, 0) is 50.7 Å². The number of benzene rings is 1. The molecule has 0 unspecified atom stereocenters. The molecule has 4 amide bonds. The number of carbonyl (C=O) groups excluding carboxylic acids is 4. The van der Waals surface area contributed by atoms with Crippen LogP contribution in [0.1, 0.15) is 74.0 Å². The molecule has 2 aliphatic heterocycles. The molecule has 0 radical (unpaired) electrons. The maximum absolute atomic E-state index is 14.3. The smallest absolute Gasteiger partial charge is 0.438 e. The molecule has 20 heteroatoms. The Morgan fingerprint density at radius 2 is 1.85 bits per heavy atom. The summed E-state index contributed by atoms with van der Waals surface area (Å²) in [5.74, 6) is -5.75. The second-order valence-corrected chi connectivity index (χ2v) is 15.9. The highest BCUT2D eigenvalue weighted by molar-refractivity contribution is 7.91. The van der Waals surface area contributed by atoms with E-state index < -0.39 is 105 Å². The van der Waals surface area contributed by atoms with Gasteiger partial charge in [0.05, 0.1) is 22.8 Å². The lowest BCUT2D eigenvalue weighted by Gasteiger charge is -2.29. The van der Waals surface area contributed by atoms with Crippen LogP contribution in [0.2, 0.25) is 0 Å². The third-order valence-corrected chi connectivity index (χ3v) is 11.8. The first-order valence-electron chi connectivity index (χ1n) is 17.4. The Morgan fingerprint density at radius 1 is 1.06 bits per heavy atom. The summed E-state index contributed by atoms with van der Waals surface area (Å²) in [5.41, 5.74) is -3.82. The molecule has 2 aliphatic carbocycles. The van der Waals surface area contributed by atoms with E-state index in [1.165, 1.54) is 6.07 Å². The molecule has 3 fully saturated rings. The molecule has 3 N–H and O–H groups in total. The molecule has 1 saturated heterocycles. The van der Waals surface area contributed by atoms with Gasteiger partial charge in [-0.1, -0.05) is 30.2 Å². The Hall–Kier alpha value is -5.14. The van der Waals surface area contributed by atoms with E-state index in [0.717, 1.165) is 29.4 Å². The highest BCUT2D eigenvalue weighted by Crippen LogP contribution is 2.46. The number of ether oxygens (including phenoxy) is 1. The van der Waals surface area contributed by atoms with Crippen LogP contribution in [0.3, 0.4) is 0 Å². The van der Waals surface area contributed by atoms with E-state index in [1.807, 2.05) is 6.08 Å². The zero-order valence-electron chi connectivity index (χ0n) is 28.5. The quantitative estimate of drug-likeness (QED) is 0.235. The van der Waals surface area contributed by atoms with Crippen LogP contribution in [0, 0.1) is 11.7 Å². The number of alkyl halides is 3. The second-order valence-electron chi connectivity index (χ2n) is 13.9. The molecule has 2 saturated carbocycles. The van der Waals surface area contributed by atoms with E-state index in [0.29, 0.717) is 38.5 Å². The fraction of sp³-hybridized carbons (Fsp3) is 0.500. The first-order valence-corrected chi connectivity index (χ1v) is 19.0. The average molecular weight is 778 g/mol. The summed E-state index contributed by atoms with van der Waals surface area (Å²) in [6, 6.07) is 1.42. The standard InChI is InChI=1S/C34H35F4N7O8S/c35-19-8-11-22-25(14-19)41-30(27(39-22)34(36,37)38)53-20-15-26-29(47)42-33(32(49)44-54(50,51)21-9-10-21)16-18(33)6-4-2-1-3-5-7-24(31(48)45(26)17-20)40-28(46)23-12-13-52-43-23/h4,6,8,11-14,18,20-21,24,26H,1-3,5,7,9-10,15-17H2,(H,40,46)(H,42,47)(H,44,49)/b6-4-/t18-,20-,24+,26+,33-/m1/s1. The van der Waals surface area contributed by atoms with Gasteiger partial charge in [-0.3, -0.25) is 23.9 Å². The Kier molecular flexibility index (Phi) is 9.82. The van der Waals surface area contributed by atoms with E-state index in [4.69, 9.17) is 9.26 Å². The summed E-state index contributed by atoms with van der Waals surface area (Å²) >= 11 is 0. The van der Waals surface area contributed by atoms with Crippen molar-refractivity contribution in [3.8, 4) is 5.88 Å². The van der Waals surface area contributed by atoms with Crippen LogP contribution in [0.4, 0.5) is 17.6 Å². The number of carbonyl (C=O) groups is 4. The first kappa shape index (κ1) is 37.2. The average Bonchev–Trinajstić information content (AvgIpc) is 3.97. The number of fused-ring (bicyclic) bond motifs is 3. The van der Waals surface area contributed by atoms with Crippen molar-refractivity contribution in [2.45, 2.75) is 92.9 Å².